The van der Waals surface area contributed by atoms with Gasteiger partial charge in [0.1, 0.15) is 0 Å². The van der Waals surface area contributed by atoms with Gasteiger partial charge in [0.05, 0.1) is 27.1 Å². The number of hydrogen-bond acceptors (Lipinski definition) is 4. The van der Waals surface area contributed by atoms with Crippen LogP contribution in [0.5, 0.6) is 0 Å². The smallest absolute Gasteiger partial charge is 0.407 e. The Morgan fingerprint density at radius 1 is 1.39 bits per heavy atom. The van der Waals surface area contributed by atoms with Crippen molar-refractivity contribution in [1.82, 2.24) is 10.8 Å². The van der Waals surface area contributed by atoms with E-state index in [1.165, 1.54) is 7.11 Å². The van der Waals surface area contributed by atoms with Gasteiger partial charge < -0.3 is 10.1 Å². The van der Waals surface area contributed by atoms with Crippen LogP contribution in [0.3, 0.4) is 0 Å². The Bertz CT molecular complexity index is 564. The fourth-order valence-electron chi connectivity index (χ4n) is 1.62. The molecule has 0 aromatic heterocycles. The van der Waals surface area contributed by atoms with Crippen molar-refractivity contribution in [2.45, 2.75) is 32.6 Å². The molecule has 23 heavy (non-hydrogen) atoms. The summed E-state index contributed by atoms with van der Waals surface area (Å²) >= 11 is 6.14. The van der Waals surface area contributed by atoms with Gasteiger partial charge in [-0.3, -0.25) is 10.3 Å². The topological polar surface area (TPSA) is 59.6 Å². The molecule has 0 unspecified atom stereocenters. The summed E-state index contributed by atoms with van der Waals surface area (Å²) in [5.74, 6) is 0. The molecule has 0 fully saturated rings. The summed E-state index contributed by atoms with van der Waals surface area (Å²) in [6, 6.07) is 6.64. The van der Waals surface area contributed by atoms with Crippen LogP contribution in [0.2, 0.25) is 24.2 Å². The molecule has 0 spiro atoms. The lowest BCUT2D eigenvalue weighted by atomic mass is 10.1. The molecule has 1 rings (SSSR count). The van der Waals surface area contributed by atoms with E-state index in [0.717, 1.165) is 17.2 Å². The molecule has 0 heterocycles. The van der Waals surface area contributed by atoms with Gasteiger partial charge in [0.15, 0.2) is 0 Å². The second-order valence-corrected chi connectivity index (χ2v) is 11.8. The minimum Gasteiger partial charge on any atom is -0.453 e. The maximum Gasteiger partial charge on any atom is 0.407 e. The average Bonchev–Trinajstić information content (AvgIpc) is 2.53. The fraction of sp³-hybridized carbons (Fsp3) is 0.438. The minimum atomic E-state index is -1.30. The van der Waals surface area contributed by atoms with E-state index in [0.29, 0.717) is 16.9 Å². The third kappa shape index (κ3) is 6.64. The summed E-state index contributed by atoms with van der Waals surface area (Å²) in [4.78, 5) is 16.7. The van der Waals surface area contributed by atoms with Crippen molar-refractivity contribution >= 4 is 31.5 Å². The first-order chi connectivity index (χ1) is 10.8. The number of amides is 1. The number of methoxy groups -OCH3 is 1. The van der Waals surface area contributed by atoms with Crippen molar-refractivity contribution in [3.63, 3.8) is 0 Å². The summed E-state index contributed by atoms with van der Waals surface area (Å²) in [5.41, 5.74) is 5.18. The average molecular weight is 357 g/mol. The highest BCUT2D eigenvalue weighted by molar-refractivity contribution is 6.77. The lowest BCUT2D eigenvalue weighted by molar-refractivity contribution is 0.113. The number of rotatable bonds is 8. The summed E-state index contributed by atoms with van der Waals surface area (Å²) < 4.78 is 4.55. The maximum atomic E-state index is 11.2. The van der Waals surface area contributed by atoms with Crippen molar-refractivity contribution in [3.05, 3.63) is 40.9 Å². The van der Waals surface area contributed by atoms with Crippen molar-refractivity contribution < 1.29 is 14.4 Å². The van der Waals surface area contributed by atoms with Crippen molar-refractivity contribution in [2.24, 2.45) is 0 Å². The standard InChI is InChI=1S/C16H25ClN2O3Si/c1-6-23(4,5)11-22-19-12(2)13-7-8-15(17)14(9-13)10-18-16(20)21-3/h7-9,19H,2,6,10-11H2,1,3-5H3,(H,18,20). The van der Waals surface area contributed by atoms with Crippen molar-refractivity contribution in [2.75, 3.05) is 13.3 Å². The van der Waals surface area contributed by atoms with E-state index in [4.69, 9.17) is 16.4 Å². The summed E-state index contributed by atoms with van der Waals surface area (Å²) in [6.07, 6.45) is 0.214. The highest BCUT2D eigenvalue weighted by Gasteiger charge is 2.18. The quantitative estimate of drug-likeness (QED) is 0.546. The fourth-order valence-corrected chi connectivity index (χ4v) is 2.47. The number of nitrogens with one attached hydrogen (secondary N) is 2. The molecule has 5 nitrogen and oxygen atoms in total. The third-order valence-corrected chi connectivity index (χ3v) is 6.83. The molecule has 2 N–H and O–H groups in total. The zero-order valence-corrected chi connectivity index (χ0v) is 15.9. The number of benzene rings is 1. The number of carbonyl (C=O) groups is 1. The number of alkyl carbamates (subject to hydrolysis) is 1. The molecule has 1 aromatic carbocycles. The predicted molar refractivity (Wildman–Crippen MR) is 96.8 cm³/mol. The lowest BCUT2D eigenvalue weighted by Crippen LogP contribution is -2.34. The number of halogens is 1. The van der Waals surface area contributed by atoms with Crippen LogP contribution in [0.25, 0.3) is 5.70 Å². The van der Waals surface area contributed by atoms with Gasteiger partial charge in [-0.2, -0.15) is 0 Å². The number of ether oxygens (including phenoxy) is 1. The SMILES string of the molecule is C=C(NOC[Si](C)(C)CC)c1ccc(Cl)c(CNC(=O)OC)c1. The Morgan fingerprint density at radius 3 is 2.70 bits per heavy atom. The Morgan fingerprint density at radius 2 is 2.09 bits per heavy atom. The Hall–Kier alpha value is -1.50. The largest absolute Gasteiger partial charge is 0.453 e. The normalized spacial score (nSPS) is 11.0. The maximum absolute atomic E-state index is 11.2. The van der Waals surface area contributed by atoms with Gasteiger partial charge in [-0.1, -0.05) is 50.3 Å². The van der Waals surface area contributed by atoms with Crippen molar-refractivity contribution in [1.29, 1.82) is 0 Å². The lowest BCUT2D eigenvalue weighted by Gasteiger charge is -2.20. The van der Waals surface area contributed by atoms with E-state index >= 15 is 0 Å². The molecular formula is C16H25ClN2O3Si. The van der Waals surface area contributed by atoms with Crippen LogP contribution in [-0.2, 0) is 16.1 Å². The monoisotopic (exact) mass is 356 g/mol. The van der Waals surface area contributed by atoms with Crippen molar-refractivity contribution in [3.8, 4) is 0 Å². The van der Waals surface area contributed by atoms with E-state index in [-0.39, 0.29) is 6.54 Å². The van der Waals surface area contributed by atoms with Gasteiger partial charge in [-0.25, -0.2) is 4.79 Å². The number of carbonyl (C=O) groups excluding carboxylic acids is 1. The van der Waals surface area contributed by atoms with Crippen LogP contribution in [0.4, 0.5) is 4.79 Å². The van der Waals surface area contributed by atoms with Gasteiger partial charge in [0.25, 0.3) is 0 Å². The van der Waals surface area contributed by atoms with E-state index in [1.807, 2.05) is 12.1 Å². The first-order valence-electron chi connectivity index (χ1n) is 7.46. The first kappa shape index (κ1) is 19.5. The van der Waals surface area contributed by atoms with Crippen LogP contribution in [0, 0.1) is 0 Å². The van der Waals surface area contributed by atoms with Gasteiger partial charge >= 0.3 is 6.09 Å². The predicted octanol–water partition coefficient (Wildman–Crippen LogP) is 3.96. The highest BCUT2D eigenvalue weighted by atomic mass is 35.5. The molecule has 0 saturated heterocycles. The molecular weight excluding hydrogens is 332 g/mol. The second-order valence-electron chi connectivity index (χ2n) is 6.04. The molecule has 0 aliphatic heterocycles. The molecule has 0 saturated carbocycles. The van der Waals surface area contributed by atoms with E-state index in [1.54, 1.807) is 6.07 Å². The molecule has 128 valence electrons. The first-order valence-corrected chi connectivity index (χ1v) is 11.3. The second kappa shape index (κ2) is 8.96. The molecule has 1 aromatic rings. The van der Waals surface area contributed by atoms with E-state index < -0.39 is 14.2 Å². The number of hydroxylamine groups is 1. The molecule has 1 amide bonds. The minimum absolute atomic E-state index is 0.281. The van der Waals surface area contributed by atoms with Crippen LogP contribution in [0.1, 0.15) is 18.1 Å². The Labute approximate surface area is 144 Å². The molecule has 0 bridgehead atoms. The van der Waals surface area contributed by atoms with Crippen LogP contribution in [0.15, 0.2) is 24.8 Å². The van der Waals surface area contributed by atoms with Gasteiger partial charge in [0, 0.05) is 11.6 Å². The van der Waals surface area contributed by atoms with Crippen LogP contribution < -0.4 is 10.8 Å². The summed E-state index contributed by atoms with van der Waals surface area (Å²) in [5, 5.41) is 3.17. The number of hydrogen-bond donors (Lipinski definition) is 2. The van der Waals surface area contributed by atoms with Crippen LogP contribution >= 0.6 is 11.6 Å². The van der Waals surface area contributed by atoms with Gasteiger partial charge in [-0.15, -0.1) is 0 Å². The molecule has 0 aliphatic rings. The molecule has 7 heteroatoms. The summed E-state index contributed by atoms with van der Waals surface area (Å²) in [7, 11) is 0.0143. The zero-order valence-electron chi connectivity index (χ0n) is 14.2. The Kier molecular flexibility index (Phi) is 7.61. The summed E-state index contributed by atoms with van der Waals surface area (Å²) in [6.45, 7) is 11.0. The molecule has 0 radical (unpaired) electrons. The Balaban J connectivity index is 2.65. The third-order valence-electron chi connectivity index (χ3n) is 3.62. The van der Waals surface area contributed by atoms with Gasteiger partial charge in [0.2, 0.25) is 0 Å². The zero-order chi connectivity index (χ0) is 17.5. The van der Waals surface area contributed by atoms with E-state index in [2.05, 4.69) is 42.1 Å². The van der Waals surface area contributed by atoms with E-state index in [9.17, 15) is 4.79 Å². The molecule has 0 aliphatic carbocycles. The highest BCUT2D eigenvalue weighted by Crippen LogP contribution is 2.21. The molecule has 0 atom stereocenters. The van der Waals surface area contributed by atoms with Crippen LogP contribution in [-0.4, -0.2) is 27.5 Å². The van der Waals surface area contributed by atoms with Gasteiger partial charge in [-0.05, 0) is 23.3 Å².